The Kier molecular flexibility index (Phi) is 8.90. The van der Waals surface area contributed by atoms with Crippen molar-refractivity contribution in [1.82, 2.24) is 15.3 Å². The molecule has 0 atom stereocenters. The minimum absolute atomic E-state index is 0.0264. The lowest BCUT2D eigenvalue weighted by Crippen LogP contribution is -2.33. The number of benzene rings is 2. The largest absolute Gasteiger partial charge is 0.449 e. The number of carbonyl (C=O) groups excluding carboxylic acids is 3. The van der Waals surface area contributed by atoms with Gasteiger partial charge in [0.2, 0.25) is 5.91 Å². The molecule has 0 saturated carbocycles. The standard InChI is InChI=1S/C29H26F3N5O4S/c1-28(2,16-41-26(33)40)21-8-4-7-20(12-21)25(39)35-14-24(38)37-27-36-22(15-42-27)19-6-3-5-17(11-19)18-9-10-34-23(13-18)29(30,31)32/h3-13,15H,14,16H2,1-2H3,(H2,33,40)(H,35,39)(H,36,37,38). The van der Waals surface area contributed by atoms with Crippen LogP contribution in [0, 0.1) is 0 Å². The van der Waals surface area contributed by atoms with Crippen LogP contribution in [-0.2, 0) is 21.1 Å². The molecule has 9 nitrogen and oxygen atoms in total. The molecule has 2 heterocycles. The van der Waals surface area contributed by atoms with Gasteiger partial charge in [0.1, 0.15) is 12.3 Å². The van der Waals surface area contributed by atoms with E-state index in [0.717, 1.165) is 29.2 Å². The third-order valence-electron chi connectivity index (χ3n) is 6.18. The summed E-state index contributed by atoms with van der Waals surface area (Å²) in [6, 6.07) is 16.0. The van der Waals surface area contributed by atoms with Gasteiger partial charge >= 0.3 is 12.3 Å². The van der Waals surface area contributed by atoms with Crippen molar-refractivity contribution in [3.63, 3.8) is 0 Å². The Morgan fingerprint density at radius 1 is 0.976 bits per heavy atom. The fourth-order valence-electron chi connectivity index (χ4n) is 3.93. The number of thiazole rings is 1. The van der Waals surface area contributed by atoms with Gasteiger partial charge in [-0.25, -0.2) is 9.78 Å². The Morgan fingerprint density at radius 2 is 1.69 bits per heavy atom. The number of nitrogens with two attached hydrogens (primary N) is 1. The van der Waals surface area contributed by atoms with Gasteiger partial charge in [-0.05, 0) is 47.0 Å². The second kappa shape index (κ2) is 12.4. The number of pyridine rings is 1. The van der Waals surface area contributed by atoms with Crippen LogP contribution in [0.15, 0.2) is 72.2 Å². The molecule has 2 aromatic carbocycles. The van der Waals surface area contributed by atoms with Crippen LogP contribution in [0.1, 0.15) is 35.5 Å². The predicted octanol–water partition coefficient (Wildman–Crippen LogP) is 5.63. The van der Waals surface area contributed by atoms with Crippen molar-refractivity contribution in [1.29, 1.82) is 0 Å². The van der Waals surface area contributed by atoms with Gasteiger partial charge in [-0.15, -0.1) is 11.3 Å². The number of primary amides is 1. The zero-order valence-corrected chi connectivity index (χ0v) is 23.3. The average molecular weight is 598 g/mol. The van der Waals surface area contributed by atoms with Crippen molar-refractivity contribution in [2.75, 3.05) is 18.5 Å². The fourth-order valence-corrected chi connectivity index (χ4v) is 4.67. The van der Waals surface area contributed by atoms with Crippen LogP contribution < -0.4 is 16.4 Å². The molecule has 0 radical (unpaired) electrons. The van der Waals surface area contributed by atoms with Crippen LogP contribution in [0.25, 0.3) is 22.4 Å². The van der Waals surface area contributed by atoms with Gasteiger partial charge in [0.05, 0.1) is 12.2 Å². The topological polar surface area (TPSA) is 136 Å². The number of halogens is 3. The molecule has 13 heteroatoms. The molecule has 0 aliphatic heterocycles. The van der Waals surface area contributed by atoms with Gasteiger partial charge in [0.25, 0.3) is 5.91 Å². The van der Waals surface area contributed by atoms with E-state index in [2.05, 4.69) is 20.6 Å². The summed E-state index contributed by atoms with van der Waals surface area (Å²) in [6.45, 7) is 3.38. The van der Waals surface area contributed by atoms with Gasteiger partial charge in [0.15, 0.2) is 5.13 Å². The number of hydrogen-bond donors (Lipinski definition) is 3. The van der Waals surface area contributed by atoms with E-state index in [-0.39, 0.29) is 18.3 Å². The first-order valence-electron chi connectivity index (χ1n) is 12.5. The monoisotopic (exact) mass is 597 g/mol. The van der Waals surface area contributed by atoms with Crippen LogP contribution in [0.5, 0.6) is 0 Å². The Balaban J connectivity index is 1.37. The molecule has 4 aromatic rings. The number of nitrogens with one attached hydrogen (secondary N) is 2. The zero-order chi connectivity index (χ0) is 30.5. The first kappa shape index (κ1) is 30.2. The van der Waals surface area contributed by atoms with Crippen LogP contribution in [0.4, 0.5) is 23.1 Å². The van der Waals surface area contributed by atoms with Crippen molar-refractivity contribution in [2.45, 2.75) is 25.4 Å². The molecule has 4 N–H and O–H groups in total. The fraction of sp³-hybridized carbons (Fsp3) is 0.207. The van der Waals surface area contributed by atoms with E-state index in [1.165, 1.54) is 6.07 Å². The minimum atomic E-state index is -4.56. The Hall–Kier alpha value is -4.78. The summed E-state index contributed by atoms with van der Waals surface area (Å²) in [7, 11) is 0. The summed E-state index contributed by atoms with van der Waals surface area (Å²) in [6.07, 6.45) is -4.34. The van der Waals surface area contributed by atoms with E-state index in [9.17, 15) is 27.6 Å². The summed E-state index contributed by atoms with van der Waals surface area (Å²) in [5.41, 5.74) is 6.60. The van der Waals surface area contributed by atoms with Crippen molar-refractivity contribution < 1.29 is 32.3 Å². The molecule has 0 saturated heterocycles. The highest BCUT2D eigenvalue weighted by Gasteiger charge is 2.32. The van der Waals surface area contributed by atoms with Crippen LogP contribution in [0.2, 0.25) is 0 Å². The normalized spacial score (nSPS) is 11.5. The minimum Gasteiger partial charge on any atom is -0.449 e. The third kappa shape index (κ3) is 7.69. The number of ether oxygens (including phenoxy) is 1. The van der Waals surface area contributed by atoms with E-state index in [1.54, 1.807) is 53.9 Å². The average Bonchev–Trinajstić information content (AvgIpc) is 3.43. The molecular weight excluding hydrogens is 571 g/mol. The number of anilines is 1. The van der Waals surface area contributed by atoms with Crippen LogP contribution in [0.3, 0.4) is 0 Å². The summed E-state index contributed by atoms with van der Waals surface area (Å²) >= 11 is 1.16. The lowest BCUT2D eigenvalue weighted by molar-refractivity contribution is -0.141. The van der Waals surface area contributed by atoms with Crippen molar-refractivity contribution in [3.8, 4) is 22.4 Å². The highest BCUT2D eigenvalue weighted by molar-refractivity contribution is 7.14. The van der Waals surface area contributed by atoms with E-state index < -0.39 is 35.2 Å². The number of amides is 3. The second-order valence-electron chi connectivity index (χ2n) is 9.85. The van der Waals surface area contributed by atoms with Crippen molar-refractivity contribution in [2.24, 2.45) is 5.73 Å². The molecule has 0 spiro atoms. The van der Waals surface area contributed by atoms with Gasteiger partial charge in [-0.3, -0.25) is 14.6 Å². The summed E-state index contributed by atoms with van der Waals surface area (Å²) in [5, 5.41) is 7.19. The van der Waals surface area contributed by atoms with Gasteiger partial charge in [-0.1, -0.05) is 44.2 Å². The van der Waals surface area contributed by atoms with Crippen LogP contribution in [-0.4, -0.2) is 41.0 Å². The first-order chi connectivity index (χ1) is 19.8. The Labute approximate surface area is 243 Å². The molecule has 0 aliphatic carbocycles. The molecule has 0 bridgehead atoms. The van der Waals surface area contributed by atoms with Crippen molar-refractivity contribution >= 4 is 34.4 Å². The number of nitrogens with zero attached hydrogens (tertiary/aromatic N) is 2. The maximum Gasteiger partial charge on any atom is 0.433 e. The Morgan fingerprint density at radius 3 is 2.43 bits per heavy atom. The summed E-state index contributed by atoms with van der Waals surface area (Å²) in [5.74, 6) is -0.971. The lowest BCUT2D eigenvalue weighted by atomic mass is 9.84. The summed E-state index contributed by atoms with van der Waals surface area (Å²) in [4.78, 5) is 44.0. The van der Waals surface area contributed by atoms with Gasteiger partial charge in [0, 0.05) is 28.1 Å². The van der Waals surface area contributed by atoms with E-state index in [1.807, 2.05) is 13.8 Å². The SMILES string of the molecule is CC(C)(COC(N)=O)c1cccc(C(=O)NCC(=O)Nc2nc(-c3cccc(-c4ccnc(C(F)(F)F)c4)c3)cs2)c1. The maximum absolute atomic E-state index is 13.1. The van der Waals surface area contributed by atoms with Crippen molar-refractivity contribution in [3.05, 3.63) is 89.1 Å². The Bertz CT molecular complexity index is 1620. The molecule has 2 aromatic heterocycles. The maximum atomic E-state index is 13.1. The number of alkyl halides is 3. The zero-order valence-electron chi connectivity index (χ0n) is 22.5. The molecule has 0 unspecified atom stereocenters. The highest BCUT2D eigenvalue weighted by Crippen LogP contribution is 2.32. The van der Waals surface area contributed by atoms with E-state index in [0.29, 0.717) is 27.9 Å². The lowest BCUT2D eigenvalue weighted by Gasteiger charge is -2.24. The molecule has 0 fully saturated rings. The molecule has 218 valence electrons. The smallest absolute Gasteiger partial charge is 0.433 e. The number of rotatable bonds is 9. The molecule has 4 rings (SSSR count). The van der Waals surface area contributed by atoms with Gasteiger partial charge < -0.3 is 21.1 Å². The number of carbonyl (C=O) groups is 3. The third-order valence-corrected chi connectivity index (χ3v) is 6.94. The molecule has 3 amide bonds. The first-order valence-corrected chi connectivity index (χ1v) is 13.4. The van der Waals surface area contributed by atoms with Crippen LogP contribution >= 0.6 is 11.3 Å². The molecular formula is C29H26F3N5O4S. The predicted molar refractivity (Wildman–Crippen MR) is 152 cm³/mol. The van der Waals surface area contributed by atoms with Gasteiger partial charge in [-0.2, -0.15) is 13.2 Å². The quantitative estimate of drug-likeness (QED) is 0.229. The van der Waals surface area contributed by atoms with E-state index in [4.69, 9.17) is 10.5 Å². The number of aromatic nitrogens is 2. The molecule has 42 heavy (non-hydrogen) atoms. The van der Waals surface area contributed by atoms with E-state index >= 15 is 0 Å². The molecule has 0 aliphatic rings. The summed E-state index contributed by atoms with van der Waals surface area (Å²) < 4.78 is 44.2. The highest BCUT2D eigenvalue weighted by atomic mass is 32.1. The number of hydrogen-bond acceptors (Lipinski definition) is 7. The second-order valence-corrected chi connectivity index (χ2v) is 10.7.